The van der Waals surface area contributed by atoms with Gasteiger partial charge >= 0.3 is 6.03 Å². The highest BCUT2D eigenvalue weighted by atomic mass is 35.5. The molecule has 6 heteroatoms. The number of hydrogen-bond donors (Lipinski definition) is 1. The highest BCUT2D eigenvalue weighted by Crippen LogP contribution is 2.21. The van der Waals surface area contributed by atoms with Crippen molar-refractivity contribution in [2.24, 2.45) is 5.92 Å². The molecule has 5 nitrogen and oxygen atoms in total. The third kappa shape index (κ3) is 4.52. The van der Waals surface area contributed by atoms with Gasteiger partial charge in [-0.15, -0.1) is 0 Å². The van der Waals surface area contributed by atoms with Gasteiger partial charge in [0.2, 0.25) is 0 Å². The fourth-order valence-corrected chi connectivity index (χ4v) is 3.32. The number of nitrogens with zero attached hydrogens (tertiary/aromatic N) is 2. The number of carbonyl (C=O) groups excluding carboxylic acids is 1. The van der Waals surface area contributed by atoms with Crippen molar-refractivity contribution < 1.29 is 9.53 Å². The molecule has 23 heavy (non-hydrogen) atoms. The van der Waals surface area contributed by atoms with Crippen LogP contribution in [-0.2, 0) is 4.74 Å². The van der Waals surface area contributed by atoms with Gasteiger partial charge < -0.3 is 19.9 Å². The van der Waals surface area contributed by atoms with E-state index in [0.29, 0.717) is 5.92 Å². The molecule has 3 rings (SSSR count). The van der Waals surface area contributed by atoms with Crippen molar-refractivity contribution >= 4 is 23.3 Å². The van der Waals surface area contributed by atoms with E-state index >= 15 is 0 Å². The number of rotatable bonds is 3. The minimum atomic E-state index is 0.0576. The molecule has 2 saturated heterocycles. The molecule has 2 heterocycles. The number of urea groups is 1. The predicted octanol–water partition coefficient (Wildman–Crippen LogP) is 2.60. The number of anilines is 1. The van der Waals surface area contributed by atoms with Crippen LogP contribution >= 0.6 is 11.6 Å². The van der Waals surface area contributed by atoms with E-state index in [4.69, 9.17) is 16.3 Å². The molecular formula is C17H24ClN3O2. The van der Waals surface area contributed by atoms with E-state index in [2.05, 4.69) is 16.3 Å². The lowest BCUT2D eigenvalue weighted by Gasteiger charge is -2.36. The van der Waals surface area contributed by atoms with Crippen LogP contribution in [0.3, 0.4) is 0 Å². The highest BCUT2D eigenvalue weighted by molar-refractivity contribution is 6.30. The zero-order valence-electron chi connectivity index (χ0n) is 13.3. The molecule has 1 aromatic rings. The van der Waals surface area contributed by atoms with Gasteiger partial charge in [-0.1, -0.05) is 17.7 Å². The molecule has 126 valence electrons. The zero-order valence-corrected chi connectivity index (χ0v) is 14.1. The second-order valence-electron chi connectivity index (χ2n) is 6.20. The van der Waals surface area contributed by atoms with Crippen molar-refractivity contribution in [3.8, 4) is 0 Å². The Morgan fingerprint density at radius 2 is 1.96 bits per heavy atom. The molecule has 0 spiro atoms. The van der Waals surface area contributed by atoms with Crippen molar-refractivity contribution in [1.82, 2.24) is 10.2 Å². The first-order valence-corrected chi connectivity index (χ1v) is 8.71. The van der Waals surface area contributed by atoms with E-state index < -0.39 is 0 Å². The summed E-state index contributed by atoms with van der Waals surface area (Å²) in [7, 11) is 0. The largest absolute Gasteiger partial charge is 0.381 e. The van der Waals surface area contributed by atoms with Gasteiger partial charge in [-0.05, 0) is 37.0 Å². The molecule has 2 aliphatic rings. The molecule has 2 aliphatic heterocycles. The summed E-state index contributed by atoms with van der Waals surface area (Å²) in [6, 6.07) is 7.94. The quantitative estimate of drug-likeness (QED) is 0.922. The molecule has 0 aliphatic carbocycles. The van der Waals surface area contributed by atoms with Crippen LogP contribution in [0.4, 0.5) is 10.5 Å². The van der Waals surface area contributed by atoms with Crippen LogP contribution in [0.25, 0.3) is 0 Å². The number of halogens is 1. The summed E-state index contributed by atoms with van der Waals surface area (Å²) in [6.07, 6.45) is 2.09. The van der Waals surface area contributed by atoms with Gasteiger partial charge in [0.1, 0.15) is 0 Å². The number of carbonyl (C=O) groups is 1. The van der Waals surface area contributed by atoms with Gasteiger partial charge in [0.15, 0.2) is 0 Å². The number of piperazine rings is 1. The van der Waals surface area contributed by atoms with Gasteiger partial charge in [-0.3, -0.25) is 0 Å². The zero-order chi connectivity index (χ0) is 16.1. The minimum absolute atomic E-state index is 0.0576. The van der Waals surface area contributed by atoms with E-state index in [0.717, 1.165) is 69.5 Å². The van der Waals surface area contributed by atoms with Crippen LogP contribution in [0, 0.1) is 5.92 Å². The smallest absolute Gasteiger partial charge is 0.317 e. The monoisotopic (exact) mass is 337 g/mol. The Balaban J connectivity index is 1.43. The van der Waals surface area contributed by atoms with Crippen molar-refractivity contribution in [2.45, 2.75) is 12.8 Å². The van der Waals surface area contributed by atoms with Gasteiger partial charge in [-0.2, -0.15) is 0 Å². The fourth-order valence-electron chi connectivity index (χ4n) is 3.13. The van der Waals surface area contributed by atoms with Gasteiger partial charge in [-0.25, -0.2) is 4.79 Å². The van der Waals surface area contributed by atoms with Crippen LogP contribution in [0.2, 0.25) is 5.02 Å². The molecule has 1 aromatic carbocycles. The molecule has 0 bridgehead atoms. The summed E-state index contributed by atoms with van der Waals surface area (Å²) in [4.78, 5) is 16.5. The molecule has 0 radical (unpaired) electrons. The van der Waals surface area contributed by atoms with Gasteiger partial charge in [0.25, 0.3) is 0 Å². The van der Waals surface area contributed by atoms with Crippen LogP contribution in [-0.4, -0.2) is 56.9 Å². The maximum atomic E-state index is 12.3. The number of nitrogens with one attached hydrogen (secondary N) is 1. The summed E-state index contributed by atoms with van der Waals surface area (Å²) in [5.74, 6) is 0.556. The summed E-state index contributed by atoms with van der Waals surface area (Å²) in [5.41, 5.74) is 1.12. The standard InChI is InChI=1S/C17H24ClN3O2/c18-15-2-1-3-16(12-15)20-6-8-21(9-7-20)17(22)19-13-14-4-10-23-11-5-14/h1-3,12,14H,4-11,13H2,(H,19,22). The molecule has 0 aromatic heterocycles. The summed E-state index contributed by atoms with van der Waals surface area (Å²) < 4.78 is 5.35. The van der Waals surface area contributed by atoms with E-state index in [9.17, 15) is 4.79 Å². The SMILES string of the molecule is O=C(NCC1CCOCC1)N1CCN(c2cccc(Cl)c2)CC1. The Morgan fingerprint density at radius 1 is 1.22 bits per heavy atom. The highest BCUT2D eigenvalue weighted by Gasteiger charge is 2.22. The number of amides is 2. The average Bonchev–Trinajstić information content (AvgIpc) is 2.61. The van der Waals surface area contributed by atoms with E-state index in [1.807, 2.05) is 23.1 Å². The van der Waals surface area contributed by atoms with Gasteiger partial charge in [0.05, 0.1) is 0 Å². The molecular weight excluding hydrogens is 314 g/mol. The van der Waals surface area contributed by atoms with Crippen molar-refractivity contribution in [2.75, 3.05) is 50.8 Å². The second kappa shape index (κ2) is 7.88. The van der Waals surface area contributed by atoms with E-state index in [-0.39, 0.29) is 6.03 Å². The normalized spacial score (nSPS) is 19.7. The number of benzene rings is 1. The first-order chi connectivity index (χ1) is 11.2. The summed E-state index contributed by atoms with van der Waals surface area (Å²) >= 11 is 6.05. The minimum Gasteiger partial charge on any atom is -0.381 e. The first kappa shape index (κ1) is 16.4. The molecule has 0 atom stereocenters. The summed E-state index contributed by atoms with van der Waals surface area (Å²) in [6.45, 7) is 5.56. The first-order valence-electron chi connectivity index (χ1n) is 8.33. The maximum Gasteiger partial charge on any atom is 0.317 e. The van der Waals surface area contributed by atoms with E-state index in [1.54, 1.807) is 0 Å². The second-order valence-corrected chi connectivity index (χ2v) is 6.63. The third-order valence-electron chi connectivity index (χ3n) is 4.62. The Kier molecular flexibility index (Phi) is 5.62. The number of ether oxygens (including phenoxy) is 1. The fraction of sp³-hybridized carbons (Fsp3) is 0.588. The Bertz CT molecular complexity index is 526. The Morgan fingerprint density at radius 3 is 2.65 bits per heavy atom. The molecule has 1 N–H and O–H groups in total. The van der Waals surface area contributed by atoms with Crippen LogP contribution in [0.5, 0.6) is 0 Å². The van der Waals surface area contributed by atoms with Crippen LogP contribution < -0.4 is 10.2 Å². The number of hydrogen-bond acceptors (Lipinski definition) is 3. The lowest BCUT2D eigenvalue weighted by molar-refractivity contribution is 0.0663. The predicted molar refractivity (Wildman–Crippen MR) is 92.2 cm³/mol. The molecule has 2 fully saturated rings. The summed E-state index contributed by atoms with van der Waals surface area (Å²) in [5, 5.41) is 3.83. The Hall–Kier alpha value is -1.46. The lowest BCUT2D eigenvalue weighted by Crippen LogP contribution is -2.52. The average molecular weight is 338 g/mol. The van der Waals surface area contributed by atoms with Crippen molar-refractivity contribution in [3.63, 3.8) is 0 Å². The molecule has 0 saturated carbocycles. The Labute approximate surface area is 142 Å². The van der Waals surface area contributed by atoms with Crippen molar-refractivity contribution in [1.29, 1.82) is 0 Å². The van der Waals surface area contributed by atoms with E-state index in [1.165, 1.54) is 0 Å². The third-order valence-corrected chi connectivity index (χ3v) is 4.86. The van der Waals surface area contributed by atoms with Crippen molar-refractivity contribution in [3.05, 3.63) is 29.3 Å². The molecule has 2 amide bonds. The maximum absolute atomic E-state index is 12.3. The molecule has 0 unspecified atom stereocenters. The van der Waals surface area contributed by atoms with Gasteiger partial charge in [0, 0.05) is 56.6 Å². The van der Waals surface area contributed by atoms with Crippen LogP contribution in [0.15, 0.2) is 24.3 Å². The topological polar surface area (TPSA) is 44.8 Å². The van der Waals surface area contributed by atoms with Crippen LogP contribution in [0.1, 0.15) is 12.8 Å². The lowest BCUT2D eigenvalue weighted by atomic mass is 10.0.